The Hall–Kier alpha value is 0.500. The van der Waals surface area contributed by atoms with Gasteiger partial charge in [0.15, 0.2) is 0 Å². The Bertz CT molecular complexity index is 174. The minimum Gasteiger partial charge on any atom is -0.301 e. The van der Waals surface area contributed by atoms with Gasteiger partial charge >= 0.3 is 6.80 Å². The molecule has 0 aromatic heterocycles. The molecular weight excluding hydrogens is 231 g/mol. The van der Waals surface area contributed by atoms with Crippen LogP contribution in [0.1, 0.15) is 46.5 Å². The Kier molecular flexibility index (Phi) is 10.0. The van der Waals surface area contributed by atoms with Gasteiger partial charge in [-0.1, -0.05) is 26.7 Å². The Labute approximate surface area is 97.6 Å². The van der Waals surface area contributed by atoms with E-state index in [-0.39, 0.29) is 0 Å². The summed E-state index contributed by atoms with van der Waals surface area (Å²) in [7, 11) is 0. The summed E-state index contributed by atoms with van der Waals surface area (Å²) in [6.45, 7) is 4.16. The molecule has 0 fully saturated rings. The van der Waals surface area contributed by atoms with Gasteiger partial charge in [0.05, 0.1) is 13.2 Å². The molecule has 15 heavy (non-hydrogen) atoms. The van der Waals surface area contributed by atoms with Crippen LogP contribution in [0.15, 0.2) is 0 Å². The van der Waals surface area contributed by atoms with Gasteiger partial charge in [-0.3, -0.25) is 0 Å². The van der Waals surface area contributed by atoms with Gasteiger partial charge in [-0.25, -0.2) is 4.57 Å². The van der Waals surface area contributed by atoms with Crippen LogP contribution in [0.25, 0.3) is 0 Å². The highest BCUT2D eigenvalue weighted by Crippen LogP contribution is 2.60. The zero-order valence-electron chi connectivity index (χ0n) is 10.0. The molecule has 0 heterocycles. The molecule has 0 bridgehead atoms. The van der Waals surface area contributed by atoms with Crippen LogP contribution < -0.4 is 0 Å². The number of hydrogen-bond donors (Lipinski definition) is 0. The van der Waals surface area contributed by atoms with Gasteiger partial charge in [0.1, 0.15) is 0 Å². The van der Waals surface area contributed by atoms with E-state index >= 15 is 0 Å². The second-order valence-corrected chi connectivity index (χ2v) is 7.43. The molecule has 5 heteroatoms. The van der Waals surface area contributed by atoms with Gasteiger partial charge in [0.25, 0.3) is 0 Å². The normalized spacial score (nSPS) is 15.1. The van der Waals surface area contributed by atoms with Crippen molar-refractivity contribution in [1.29, 1.82) is 0 Å². The van der Waals surface area contributed by atoms with Gasteiger partial charge in [-0.15, -0.1) is 0 Å². The minimum absolute atomic E-state index is 0.447. The molecule has 1 atom stereocenters. The minimum atomic E-state index is -2.86. The summed E-state index contributed by atoms with van der Waals surface area (Å²) in [5.41, 5.74) is 0. The van der Waals surface area contributed by atoms with Gasteiger partial charge < -0.3 is 9.05 Å². The van der Waals surface area contributed by atoms with E-state index in [2.05, 4.69) is 13.8 Å². The number of unbranched alkanes of at least 4 members (excludes halogenated alkanes) is 2. The van der Waals surface area contributed by atoms with Gasteiger partial charge in [-0.2, -0.15) is 0 Å². The van der Waals surface area contributed by atoms with Crippen LogP contribution in [-0.2, 0) is 13.6 Å². The van der Waals surface area contributed by atoms with E-state index in [0.717, 1.165) is 31.4 Å². The highest BCUT2D eigenvalue weighted by molar-refractivity contribution is 8.55. The first-order chi connectivity index (χ1) is 7.18. The Balaban J connectivity index is 3.89. The maximum Gasteiger partial charge on any atom is 0.389 e. The molecule has 1 unspecified atom stereocenters. The maximum atomic E-state index is 12.1. The maximum absolute atomic E-state index is 12.1. The predicted molar refractivity (Wildman–Crippen MR) is 67.5 cm³/mol. The third-order valence-electron chi connectivity index (χ3n) is 1.78. The number of rotatable bonds is 10. The summed E-state index contributed by atoms with van der Waals surface area (Å²) in [6, 6.07) is 0. The fraction of sp³-hybridized carbons (Fsp3) is 1.00. The topological polar surface area (TPSA) is 35.5 Å². The van der Waals surface area contributed by atoms with E-state index in [1.165, 1.54) is 11.4 Å². The molecule has 0 saturated carbocycles. The molecule has 92 valence electrons. The Morgan fingerprint density at radius 2 is 1.73 bits per heavy atom. The van der Waals surface area contributed by atoms with Crippen molar-refractivity contribution in [3.05, 3.63) is 0 Å². The average molecular weight is 254 g/mol. The van der Waals surface area contributed by atoms with Crippen LogP contribution in [0.4, 0.5) is 0 Å². The first kappa shape index (κ1) is 15.5. The standard InChI is InChI=1S/C10H23O3PS/c1-4-7-9-13-14(11,12-6-3)15-10-8-5-2/h4-10H2,1-3H3. The van der Waals surface area contributed by atoms with Crippen LogP contribution in [0.5, 0.6) is 0 Å². The zero-order chi connectivity index (χ0) is 11.6. The molecule has 0 aliphatic rings. The fourth-order valence-electron chi connectivity index (χ4n) is 0.911. The number of hydrogen-bond acceptors (Lipinski definition) is 4. The molecule has 0 spiro atoms. The Morgan fingerprint density at radius 3 is 2.27 bits per heavy atom. The SMILES string of the molecule is CCCCOP(=O)(OCC)SCCCC. The van der Waals surface area contributed by atoms with Crippen molar-refractivity contribution in [3.63, 3.8) is 0 Å². The first-order valence-electron chi connectivity index (χ1n) is 5.72. The molecule has 0 rings (SSSR count). The van der Waals surface area contributed by atoms with Crippen LogP contribution in [-0.4, -0.2) is 19.0 Å². The first-order valence-corrected chi connectivity index (χ1v) is 8.85. The molecule has 0 radical (unpaired) electrons. The van der Waals surface area contributed by atoms with Crippen molar-refractivity contribution in [2.75, 3.05) is 19.0 Å². The van der Waals surface area contributed by atoms with Crippen molar-refractivity contribution in [2.45, 2.75) is 46.5 Å². The van der Waals surface area contributed by atoms with E-state index in [1.54, 1.807) is 0 Å². The molecule has 0 amide bonds. The van der Waals surface area contributed by atoms with Crippen molar-refractivity contribution < 1.29 is 13.6 Å². The summed E-state index contributed by atoms with van der Waals surface area (Å²) >= 11 is 1.33. The van der Waals surface area contributed by atoms with Gasteiger partial charge in [-0.05, 0) is 31.1 Å². The fourth-order valence-corrected chi connectivity index (χ4v) is 4.49. The molecule has 0 N–H and O–H groups in total. The largest absolute Gasteiger partial charge is 0.389 e. The molecule has 0 aliphatic heterocycles. The lowest BCUT2D eigenvalue weighted by Gasteiger charge is -2.16. The van der Waals surface area contributed by atoms with Crippen molar-refractivity contribution in [3.8, 4) is 0 Å². The second kappa shape index (κ2) is 9.71. The lowest BCUT2D eigenvalue weighted by atomic mass is 10.4. The van der Waals surface area contributed by atoms with Crippen molar-refractivity contribution in [2.24, 2.45) is 0 Å². The quantitative estimate of drug-likeness (QED) is 0.425. The predicted octanol–water partition coefficient (Wildman–Crippen LogP) is 4.48. The molecular formula is C10H23O3PS. The highest BCUT2D eigenvalue weighted by Gasteiger charge is 2.24. The zero-order valence-corrected chi connectivity index (χ0v) is 11.7. The molecule has 0 aliphatic carbocycles. The summed E-state index contributed by atoms with van der Waals surface area (Å²) in [6.07, 6.45) is 4.14. The average Bonchev–Trinajstić information content (AvgIpc) is 2.19. The smallest absolute Gasteiger partial charge is 0.301 e. The molecule has 0 saturated heterocycles. The molecule has 0 aromatic rings. The van der Waals surface area contributed by atoms with Gasteiger partial charge in [0.2, 0.25) is 0 Å². The third-order valence-corrected chi connectivity index (χ3v) is 5.77. The summed E-state index contributed by atoms with van der Waals surface area (Å²) in [5, 5.41) is 0. The van der Waals surface area contributed by atoms with E-state index in [1.807, 2.05) is 6.92 Å². The van der Waals surface area contributed by atoms with E-state index in [4.69, 9.17) is 9.05 Å². The van der Waals surface area contributed by atoms with Crippen LogP contribution in [0.2, 0.25) is 0 Å². The summed E-state index contributed by atoms with van der Waals surface area (Å²) in [4.78, 5) is 0. The Morgan fingerprint density at radius 1 is 1.07 bits per heavy atom. The highest BCUT2D eigenvalue weighted by atomic mass is 32.7. The third kappa shape index (κ3) is 8.32. The second-order valence-electron chi connectivity index (χ2n) is 3.24. The lowest BCUT2D eigenvalue weighted by Crippen LogP contribution is -1.95. The monoisotopic (exact) mass is 254 g/mol. The molecule has 3 nitrogen and oxygen atoms in total. The van der Waals surface area contributed by atoms with Crippen LogP contribution >= 0.6 is 18.2 Å². The molecule has 0 aromatic carbocycles. The van der Waals surface area contributed by atoms with E-state index < -0.39 is 6.80 Å². The van der Waals surface area contributed by atoms with E-state index in [9.17, 15) is 4.57 Å². The summed E-state index contributed by atoms with van der Waals surface area (Å²) in [5.74, 6) is 0.847. The van der Waals surface area contributed by atoms with Crippen molar-refractivity contribution >= 4 is 18.2 Å². The summed E-state index contributed by atoms with van der Waals surface area (Å²) < 4.78 is 22.7. The lowest BCUT2D eigenvalue weighted by molar-refractivity contribution is 0.225. The van der Waals surface area contributed by atoms with Crippen LogP contribution in [0.3, 0.4) is 0 Å². The van der Waals surface area contributed by atoms with Crippen LogP contribution in [0, 0.1) is 0 Å². The van der Waals surface area contributed by atoms with E-state index in [0.29, 0.717) is 13.2 Å². The van der Waals surface area contributed by atoms with Crippen molar-refractivity contribution in [1.82, 2.24) is 0 Å². The van der Waals surface area contributed by atoms with Gasteiger partial charge in [0, 0.05) is 5.75 Å².